The normalized spacial score (nSPS) is 44.4. The van der Waals surface area contributed by atoms with Crippen molar-refractivity contribution in [2.45, 2.75) is 107 Å². The molecule has 2 nitrogen and oxygen atoms in total. The van der Waals surface area contributed by atoms with Crippen LogP contribution in [0.25, 0.3) is 0 Å². The fourth-order valence-corrected chi connectivity index (χ4v) is 5.39. The molecule has 32 heavy (non-hydrogen) atoms. The van der Waals surface area contributed by atoms with Crippen molar-refractivity contribution in [3.05, 3.63) is 0 Å². The molecule has 0 aliphatic heterocycles. The van der Waals surface area contributed by atoms with Gasteiger partial charge in [0.15, 0.2) is 0 Å². The molecule has 3 saturated carbocycles. The molecule has 0 amide bonds. The summed E-state index contributed by atoms with van der Waals surface area (Å²) >= 11 is 0. The van der Waals surface area contributed by atoms with E-state index in [9.17, 15) is 43.9 Å². The molecule has 0 aromatic heterocycles. The number of ether oxygens (including phenoxy) is 2. The highest BCUT2D eigenvalue weighted by molar-refractivity contribution is 4.96. The first-order valence-electron chi connectivity index (χ1n) is 10.8. The third-order valence-corrected chi connectivity index (χ3v) is 6.82. The lowest BCUT2D eigenvalue weighted by molar-refractivity contribution is -0.366. The summed E-state index contributed by atoms with van der Waals surface area (Å²) in [6.07, 6.45) is -26.4. The van der Waals surface area contributed by atoms with Crippen LogP contribution in [0, 0.1) is 17.8 Å². The molecule has 0 aromatic carbocycles. The van der Waals surface area contributed by atoms with E-state index in [2.05, 4.69) is 9.47 Å². The fourth-order valence-electron chi connectivity index (χ4n) is 5.39. The van der Waals surface area contributed by atoms with E-state index in [4.69, 9.17) is 0 Å². The van der Waals surface area contributed by atoms with Crippen LogP contribution >= 0.6 is 0 Å². The second kappa shape index (κ2) is 9.84. The SMILES string of the molecule is FC1CCCC(C2CC(F)C(C(F)(F)OC3CC(F)C(OC(F)(F)F)C(F)C3)C(F)C2)C1. The molecule has 3 fully saturated rings. The van der Waals surface area contributed by atoms with Gasteiger partial charge in [-0.05, 0) is 43.9 Å². The Kier molecular flexibility index (Phi) is 7.94. The summed E-state index contributed by atoms with van der Waals surface area (Å²) in [5.41, 5.74) is 0. The second-order valence-corrected chi connectivity index (χ2v) is 9.15. The Hall–Kier alpha value is -0.780. The molecule has 0 heterocycles. The van der Waals surface area contributed by atoms with Crippen LogP contribution in [-0.4, -0.2) is 55.5 Å². The average Bonchev–Trinajstić information content (AvgIpc) is 2.63. The first kappa shape index (κ1) is 25.8. The lowest BCUT2D eigenvalue weighted by atomic mass is 9.69. The van der Waals surface area contributed by atoms with E-state index in [1.807, 2.05) is 0 Å². The number of rotatable bonds is 5. The summed E-state index contributed by atoms with van der Waals surface area (Å²) in [6, 6.07) is 0. The number of halogens is 10. The zero-order chi connectivity index (χ0) is 23.8. The highest BCUT2D eigenvalue weighted by Gasteiger charge is 2.57. The fraction of sp³-hybridized carbons (Fsp3) is 1.00. The largest absolute Gasteiger partial charge is 0.522 e. The Morgan fingerprint density at radius 3 is 1.66 bits per heavy atom. The van der Waals surface area contributed by atoms with Crippen molar-refractivity contribution in [2.75, 3.05) is 0 Å². The van der Waals surface area contributed by atoms with Crippen molar-refractivity contribution in [2.24, 2.45) is 17.8 Å². The minimum absolute atomic E-state index is 0.126. The van der Waals surface area contributed by atoms with Gasteiger partial charge in [-0.1, -0.05) is 6.42 Å². The van der Waals surface area contributed by atoms with Gasteiger partial charge in [0.05, 0.1) is 6.10 Å². The van der Waals surface area contributed by atoms with Crippen LogP contribution in [0.3, 0.4) is 0 Å². The highest BCUT2D eigenvalue weighted by atomic mass is 19.4. The van der Waals surface area contributed by atoms with Crippen molar-refractivity contribution in [3.8, 4) is 0 Å². The minimum Gasteiger partial charge on any atom is -0.317 e. The molecule has 0 radical (unpaired) electrons. The summed E-state index contributed by atoms with van der Waals surface area (Å²) in [5.74, 6) is -3.44. The van der Waals surface area contributed by atoms with Crippen LogP contribution < -0.4 is 0 Å². The molecule has 188 valence electrons. The van der Waals surface area contributed by atoms with Crippen LogP contribution in [0.5, 0.6) is 0 Å². The Bertz CT molecular complexity index is 594. The zero-order valence-electron chi connectivity index (χ0n) is 17.0. The molecule has 12 heteroatoms. The maximum atomic E-state index is 14.7. The van der Waals surface area contributed by atoms with Crippen LogP contribution in [0.4, 0.5) is 43.9 Å². The summed E-state index contributed by atoms with van der Waals surface area (Å²) < 4.78 is 145. The topological polar surface area (TPSA) is 18.5 Å². The van der Waals surface area contributed by atoms with Crippen molar-refractivity contribution in [1.82, 2.24) is 0 Å². The van der Waals surface area contributed by atoms with Crippen molar-refractivity contribution in [3.63, 3.8) is 0 Å². The zero-order valence-corrected chi connectivity index (χ0v) is 17.0. The van der Waals surface area contributed by atoms with Gasteiger partial charge in [0.1, 0.15) is 42.9 Å². The molecule has 0 spiro atoms. The molecule has 3 aliphatic carbocycles. The van der Waals surface area contributed by atoms with E-state index in [1.54, 1.807) is 0 Å². The summed E-state index contributed by atoms with van der Waals surface area (Å²) in [6.45, 7) is 0. The highest BCUT2D eigenvalue weighted by Crippen LogP contribution is 2.48. The molecule has 3 rings (SSSR count). The lowest BCUT2D eigenvalue weighted by Crippen LogP contribution is -2.53. The number of hydrogen-bond acceptors (Lipinski definition) is 2. The molecule has 6 atom stereocenters. The molecular weight excluding hydrogens is 462 g/mol. The van der Waals surface area contributed by atoms with E-state index in [1.165, 1.54) is 0 Å². The van der Waals surface area contributed by atoms with Crippen LogP contribution in [-0.2, 0) is 9.47 Å². The van der Waals surface area contributed by atoms with Crippen molar-refractivity contribution in [1.29, 1.82) is 0 Å². The second-order valence-electron chi connectivity index (χ2n) is 9.15. The number of alkyl halides is 10. The van der Waals surface area contributed by atoms with Gasteiger partial charge in [0, 0.05) is 12.8 Å². The third kappa shape index (κ3) is 6.21. The average molecular weight is 488 g/mol. The van der Waals surface area contributed by atoms with Gasteiger partial charge in [-0.15, -0.1) is 13.2 Å². The van der Waals surface area contributed by atoms with Crippen LogP contribution in [0.2, 0.25) is 0 Å². The van der Waals surface area contributed by atoms with Gasteiger partial charge in [-0.25, -0.2) is 22.0 Å². The molecule has 0 bridgehead atoms. The summed E-state index contributed by atoms with van der Waals surface area (Å²) in [5, 5.41) is 0. The number of hydrogen-bond donors (Lipinski definition) is 0. The van der Waals surface area contributed by atoms with E-state index in [0.29, 0.717) is 19.3 Å². The smallest absolute Gasteiger partial charge is 0.317 e. The maximum Gasteiger partial charge on any atom is 0.522 e. The van der Waals surface area contributed by atoms with Crippen LogP contribution in [0.15, 0.2) is 0 Å². The molecular formula is C20H26F10O2. The van der Waals surface area contributed by atoms with Crippen molar-refractivity contribution < 1.29 is 53.4 Å². The molecule has 3 aliphatic rings. The predicted molar refractivity (Wildman–Crippen MR) is 92.6 cm³/mol. The molecule has 0 saturated heterocycles. The van der Waals surface area contributed by atoms with Gasteiger partial charge in [-0.2, -0.15) is 8.78 Å². The Balaban J connectivity index is 1.60. The Labute approximate surface area is 179 Å². The van der Waals surface area contributed by atoms with Crippen LogP contribution in [0.1, 0.15) is 51.4 Å². The molecule has 0 N–H and O–H groups in total. The van der Waals surface area contributed by atoms with E-state index in [0.717, 1.165) is 0 Å². The van der Waals surface area contributed by atoms with Gasteiger partial charge in [0.25, 0.3) is 0 Å². The monoisotopic (exact) mass is 488 g/mol. The summed E-state index contributed by atoms with van der Waals surface area (Å²) in [4.78, 5) is 0. The standard InChI is InChI=1S/C20H26F10O2/c21-11-3-1-2-9(4-11)10-5-13(22)17(14(23)6-10)19(26,27)31-12-7-15(24)18(16(25)8-12)32-20(28,29)30/h9-18H,1-8H2. The predicted octanol–water partition coefficient (Wildman–Crippen LogP) is 6.57. The van der Waals surface area contributed by atoms with Crippen molar-refractivity contribution >= 4 is 0 Å². The van der Waals surface area contributed by atoms with E-state index >= 15 is 0 Å². The van der Waals surface area contributed by atoms with Gasteiger partial charge < -0.3 is 4.74 Å². The Morgan fingerprint density at radius 2 is 1.16 bits per heavy atom. The Morgan fingerprint density at radius 1 is 0.594 bits per heavy atom. The van der Waals surface area contributed by atoms with E-state index in [-0.39, 0.29) is 12.3 Å². The quantitative estimate of drug-likeness (QED) is 0.408. The van der Waals surface area contributed by atoms with E-state index < -0.39 is 93.1 Å². The maximum absolute atomic E-state index is 14.7. The van der Waals surface area contributed by atoms with Gasteiger partial charge in [0.2, 0.25) is 0 Å². The minimum atomic E-state index is -5.32. The lowest BCUT2D eigenvalue weighted by Gasteiger charge is -2.43. The molecule has 6 unspecified atom stereocenters. The third-order valence-electron chi connectivity index (χ3n) is 6.82. The van der Waals surface area contributed by atoms with Gasteiger partial charge in [-0.3, -0.25) is 4.74 Å². The summed E-state index contributed by atoms with van der Waals surface area (Å²) in [7, 11) is 0. The molecule has 0 aromatic rings. The first-order chi connectivity index (χ1) is 14.8. The van der Waals surface area contributed by atoms with Gasteiger partial charge >= 0.3 is 12.5 Å². The first-order valence-corrected chi connectivity index (χ1v) is 10.8.